The summed E-state index contributed by atoms with van der Waals surface area (Å²) >= 11 is 0. The van der Waals surface area contributed by atoms with Crippen LogP contribution in [0.2, 0.25) is 0 Å². The number of rotatable bonds is 4. The number of hydrogen-bond donors (Lipinski definition) is 1. The lowest BCUT2D eigenvalue weighted by molar-refractivity contribution is 0.387. The van der Waals surface area contributed by atoms with Crippen LogP contribution in [0.3, 0.4) is 0 Å². The fraction of sp³-hybridized carbons (Fsp3) is 0.273. The van der Waals surface area contributed by atoms with E-state index in [2.05, 4.69) is 0 Å². The minimum absolute atomic E-state index is 0.395. The highest BCUT2D eigenvalue weighted by atomic mass is 19.1. The molecule has 0 atom stereocenters. The average molecular weight is 211 g/mol. The van der Waals surface area contributed by atoms with Crippen molar-refractivity contribution in [3.63, 3.8) is 0 Å². The lowest BCUT2D eigenvalue weighted by atomic mass is 10.1. The monoisotopic (exact) mass is 211 g/mol. The van der Waals surface area contributed by atoms with Gasteiger partial charge in [0.2, 0.25) is 0 Å². The summed E-state index contributed by atoms with van der Waals surface area (Å²) < 4.78 is 23.2. The van der Waals surface area contributed by atoms with E-state index in [9.17, 15) is 4.39 Å². The molecule has 1 aromatic rings. The maximum Gasteiger partial charge on any atom is 0.132 e. The van der Waals surface area contributed by atoms with Gasteiger partial charge in [-0.3, -0.25) is 0 Å². The molecule has 0 spiro atoms. The van der Waals surface area contributed by atoms with Crippen LogP contribution in [0.5, 0.6) is 11.5 Å². The van der Waals surface area contributed by atoms with Gasteiger partial charge in [0.25, 0.3) is 0 Å². The first kappa shape index (κ1) is 11.5. The first-order chi connectivity index (χ1) is 7.22. The van der Waals surface area contributed by atoms with Crippen LogP contribution in [-0.4, -0.2) is 20.8 Å². The quantitative estimate of drug-likeness (QED) is 0.826. The topological polar surface area (TPSA) is 44.5 Å². The summed E-state index contributed by atoms with van der Waals surface area (Å²) in [7, 11) is 2.96. The summed E-state index contributed by atoms with van der Waals surface area (Å²) in [6.07, 6.45) is 3.50. The Balaban J connectivity index is 3.24. The van der Waals surface area contributed by atoms with Crippen LogP contribution >= 0.6 is 0 Å². The first-order valence-corrected chi connectivity index (χ1v) is 4.51. The van der Waals surface area contributed by atoms with E-state index < -0.39 is 5.82 Å². The summed E-state index contributed by atoms with van der Waals surface area (Å²) in [6.45, 7) is 0.406. The third-order valence-electron chi connectivity index (χ3n) is 1.93. The third-order valence-corrected chi connectivity index (χ3v) is 1.93. The van der Waals surface area contributed by atoms with Crippen molar-refractivity contribution in [2.45, 2.75) is 0 Å². The highest BCUT2D eigenvalue weighted by molar-refractivity contribution is 5.64. The van der Waals surface area contributed by atoms with Gasteiger partial charge < -0.3 is 15.2 Å². The molecule has 0 saturated carbocycles. The molecule has 3 nitrogen and oxygen atoms in total. The van der Waals surface area contributed by atoms with Gasteiger partial charge in [-0.05, 0) is 0 Å². The lowest BCUT2D eigenvalue weighted by Crippen LogP contribution is -1.96. The molecule has 1 rings (SSSR count). The zero-order valence-electron chi connectivity index (χ0n) is 8.79. The molecule has 0 unspecified atom stereocenters. The van der Waals surface area contributed by atoms with Gasteiger partial charge in [0.15, 0.2) is 0 Å². The maximum absolute atomic E-state index is 13.1. The predicted molar refractivity (Wildman–Crippen MR) is 57.6 cm³/mol. The second-order valence-corrected chi connectivity index (χ2v) is 2.86. The summed E-state index contributed by atoms with van der Waals surface area (Å²) in [5.74, 6) is 0.460. The molecule has 0 bridgehead atoms. The summed E-state index contributed by atoms with van der Waals surface area (Å²) in [5.41, 5.74) is 6.03. The number of methoxy groups -OCH3 is 2. The smallest absolute Gasteiger partial charge is 0.132 e. The standard InChI is InChI=1S/C11H14FNO2/c1-14-10-6-8(12)7-11(15-2)9(10)4-3-5-13/h3-4,6-7H,5,13H2,1-2H3/b4-3+. The molecular formula is C11H14FNO2. The number of ether oxygens (including phenoxy) is 2. The van der Waals surface area contributed by atoms with Gasteiger partial charge in [-0.1, -0.05) is 12.2 Å². The predicted octanol–water partition coefficient (Wildman–Crippen LogP) is 1.81. The van der Waals surface area contributed by atoms with Crippen molar-refractivity contribution in [3.8, 4) is 11.5 Å². The van der Waals surface area contributed by atoms with Crippen LogP contribution in [0.4, 0.5) is 4.39 Å². The van der Waals surface area contributed by atoms with Crippen LogP contribution in [-0.2, 0) is 0 Å². The molecular weight excluding hydrogens is 197 g/mol. The molecule has 0 fully saturated rings. The molecule has 0 aliphatic rings. The summed E-state index contributed by atoms with van der Waals surface area (Å²) in [4.78, 5) is 0. The molecule has 82 valence electrons. The average Bonchev–Trinajstić information content (AvgIpc) is 2.26. The highest BCUT2D eigenvalue weighted by Gasteiger charge is 2.09. The molecule has 0 aliphatic carbocycles. The Hall–Kier alpha value is -1.55. The second kappa shape index (κ2) is 5.36. The fourth-order valence-corrected chi connectivity index (χ4v) is 1.26. The Labute approximate surface area is 88.3 Å². The zero-order chi connectivity index (χ0) is 11.3. The van der Waals surface area contributed by atoms with Crippen molar-refractivity contribution in [1.29, 1.82) is 0 Å². The third kappa shape index (κ3) is 2.70. The Kier molecular flexibility index (Phi) is 4.12. The molecule has 0 saturated heterocycles. The minimum Gasteiger partial charge on any atom is -0.496 e. The van der Waals surface area contributed by atoms with Crippen LogP contribution in [0.15, 0.2) is 18.2 Å². The Bertz CT molecular complexity index is 339. The van der Waals surface area contributed by atoms with E-state index in [-0.39, 0.29) is 0 Å². The molecule has 0 aliphatic heterocycles. The number of nitrogens with two attached hydrogens (primary N) is 1. The first-order valence-electron chi connectivity index (χ1n) is 4.51. The van der Waals surface area contributed by atoms with E-state index in [0.29, 0.717) is 23.6 Å². The van der Waals surface area contributed by atoms with E-state index in [1.54, 1.807) is 12.2 Å². The molecule has 15 heavy (non-hydrogen) atoms. The molecule has 0 amide bonds. The van der Waals surface area contributed by atoms with Crippen molar-refractivity contribution in [2.24, 2.45) is 5.73 Å². The fourth-order valence-electron chi connectivity index (χ4n) is 1.26. The van der Waals surface area contributed by atoms with Crippen molar-refractivity contribution in [3.05, 3.63) is 29.6 Å². The van der Waals surface area contributed by atoms with Gasteiger partial charge in [-0.15, -0.1) is 0 Å². The van der Waals surface area contributed by atoms with E-state index in [4.69, 9.17) is 15.2 Å². The summed E-state index contributed by atoms with van der Waals surface area (Å²) in [6, 6.07) is 2.61. The highest BCUT2D eigenvalue weighted by Crippen LogP contribution is 2.30. The molecule has 0 aromatic heterocycles. The SMILES string of the molecule is COc1cc(F)cc(OC)c1/C=C/CN. The molecule has 2 N–H and O–H groups in total. The number of hydrogen-bond acceptors (Lipinski definition) is 3. The Morgan fingerprint density at radius 1 is 1.27 bits per heavy atom. The lowest BCUT2D eigenvalue weighted by Gasteiger charge is -2.10. The maximum atomic E-state index is 13.1. The van der Waals surface area contributed by atoms with E-state index >= 15 is 0 Å². The van der Waals surface area contributed by atoms with E-state index in [1.807, 2.05) is 0 Å². The molecule has 4 heteroatoms. The van der Waals surface area contributed by atoms with Crippen LogP contribution in [0.25, 0.3) is 6.08 Å². The van der Waals surface area contributed by atoms with Crippen molar-refractivity contribution >= 4 is 6.08 Å². The second-order valence-electron chi connectivity index (χ2n) is 2.86. The molecule has 1 aromatic carbocycles. The van der Waals surface area contributed by atoms with Gasteiger partial charge in [-0.2, -0.15) is 0 Å². The molecule has 0 heterocycles. The van der Waals surface area contributed by atoms with Gasteiger partial charge >= 0.3 is 0 Å². The van der Waals surface area contributed by atoms with Crippen LogP contribution in [0.1, 0.15) is 5.56 Å². The van der Waals surface area contributed by atoms with Gasteiger partial charge in [0.05, 0.1) is 19.8 Å². The molecule has 0 radical (unpaired) electrons. The number of benzene rings is 1. The van der Waals surface area contributed by atoms with E-state index in [1.165, 1.54) is 26.4 Å². The van der Waals surface area contributed by atoms with Crippen molar-refractivity contribution < 1.29 is 13.9 Å². The Morgan fingerprint density at radius 2 is 1.80 bits per heavy atom. The summed E-state index contributed by atoms with van der Waals surface area (Å²) in [5, 5.41) is 0. The van der Waals surface area contributed by atoms with Gasteiger partial charge in [0.1, 0.15) is 17.3 Å². The number of halogens is 1. The van der Waals surface area contributed by atoms with Crippen LogP contribution in [0, 0.1) is 5.82 Å². The van der Waals surface area contributed by atoms with Crippen molar-refractivity contribution in [1.82, 2.24) is 0 Å². The zero-order valence-corrected chi connectivity index (χ0v) is 8.79. The minimum atomic E-state index is -0.395. The Morgan fingerprint density at radius 3 is 2.20 bits per heavy atom. The normalized spacial score (nSPS) is 10.7. The van der Waals surface area contributed by atoms with Crippen LogP contribution < -0.4 is 15.2 Å². The van der Waals surface area contributed by atoms with E-state index in [0.717, 1.165) is 0 Å². The largest absolute Gasteiger partial charge is 0.496 e. The van der Waals surface area contributed by atoms with Crippen molar-refractivity contribution in [2.75, 3.05) is 20.8 Å². The van der Waals surface area contributed by atoms with Gasteiger partial charge in [0, 0.05) is 18.7 Å². The van der Waals surface area contributed by atoms with Gasteiger partial charge in [-0.25, -0.2) is 4.39 Å².